The van der Waals surface area contributed by atoms with E-state index in [1.807, 2.05) is 12.1 Å². The molecule has 0 saturated carbocycles. The van der Waals surface area contributed by atoms with E-state index >= 15 is 0 Å². The fourth-order valence-corrected chi connectivity index (χ4v) is 3.21. The summed E-state index contributed by atoms with van der Waals surface area (Å²) in [6, 6.07) is 14.0. The summed E-state index contributed by atoms with van der Waals surface area (Å²) in [5.41, 5.74) is 2.59. The second-order valence-corrected chi connectivity index (χ2v) is 6.54. The number of quaternary nitrogens is 1. The Morgan fingerprint density at radius 1 is 1.08 bits per heavy atom. The van der Waals surface area contributed by atoms with Crippen molar-refractivity contribution in [2.24, 2.45) is 0 Å². The highest BCUT2D eigenvalue weighted by molar-refractivity contribution is 5.94. The number of ether oxygens (including phenoxy) is 1. The average Bonchev–Trinajstić information content (AvgIpc) is 3.13. The van der Waals surface area contributed by atoms with E-state index in [0.717, 1.165) is 12.1 Å². The number of likely N-dealkylation sites (tertiary alicyclic amines) is 1. The van der Waals surface area contributed by atoms with Gasteiger partial charge in [-0.25, -0.2) is 0 Å². The number of benzene rings is 2. The van der Waals surface area contributed by atoms with Crippen LogP contribution in [0.1, 0.15) is 34.3 Å². The minimum Gasteiger partial charge on any atom is -0.435 e. The van der Waals surface area contributed by atoms with Crippen LogP contribution in [-0.2, 0) is 13.1 Å². The molecule has 0 spiro atoms. The third kappa shape index (κ3) is 5.26. The molecule has 0 aliphatic carbocycles. The lowest BCUT2D eigenvalue weighted by atomic mass is 10.1. The van der Waals surface area contributed by atoms with Crippen LogP contribution in [0.3, 0.4) is 0 Å². The molecule has 2 aromatic rings. The predicted octanol–water partition coefficient (Wildman–Crippen LogP) is 2.40. The van der Waals surface area contributed by atoms with Crippen molar-refractivity contribution in [3.8, 4) is 5.75 Å². The summed E-state index contributed by atoms with van der Waals surface area (Å²) in [6.07, 6.45) is 2.62. The number of rotatable bonds is 7. The Balaban J connectivity index is 1.52. The molecule has 1 aliphatic heterocycles. The predicted molar refractivity (Wildman–Crippen MR) is 94.3 cm³/mol. The molecule has 2 aromatic carbocycles. The fraction of sp³-hybridized carbons (Fsp3) is 0.350. The first kappa shape index (κ1) is 18.3. The maximum absolute atomic E-state index is 12.3. The van der Waals surface area contributed by atoms with Crippen molar-refractivity contribution in [2.45, 2.75) is 32.5 Å². The zero-order valence-electron chi connectivity index (χ0n) is 14.5. The molecule has 0 atom stereocenters. The number of alkyl halides is 2. The van der Waals surface area contributed by atoms with Gasteiger partial charge in [-0.1, -0.05) is 30.3 Å². The molecule has 0 aromatic heterocycles. The van der Waals surface area contributed by atoms with Crippen LogP contribution in [0.15, 0.2) is 48.5 Å². The highest BCUT2D eigenvalue weighted by atomic mass is 19.3. The van der Waals surface area contributed by atoms with Crippen LogP contribution in [0.2, 0.25) is 0 Å². The Morgan fingerprint density at radius 2 is 1.77 bits per heavy atom. The van der Waals surface area contributed by atoms with Crippen LogP contribution >= 0.6 is 0 Å². The van der Waals surface area contributed by atoms with E-state index in [0.29, 0.717) is 6.54 Å². The minimum atomic E-state index is -2.91. The molecule has 1 saturated heterocycles. The summed E-state index contributed by atoms with van der Waals surface area (Å²) in [5, 5.41) is 2.80. The van der Waals surface area contributed by atoms with Gasteiger partial charge < -0.3 is 15.0 Å². The van der Waals surface area contributed by atoms with Gasteiger partial charge in [-0.15, -0.1) is 0 Å². The SMILES string of the molecule is O=C(NCc1ccc(C[NH+]2CCCC2)cc1)c1cccc(OC(F)F)c1. The molecule has 0 bridgehead atoms. The largest absolute Gasteiger partial charge is 0.435 e. The first-order chi connectivity index (χ1) is 12.6. The third-order valence-electron chi connectivity index (χ3n) is 4.56. The van der Waals surface area contributed by atoms with E-state index in [4.69, 9.17) is 0 Å². The molecule has 0 unspecified atom stereocenters. The Morgan fingerprint density at radius 3 is 2.46 bits per heavy atom. The molecule has 1 heterocycles. The summed E-state index contributed by atoms with van der Waals surface area (Å²) in [6.45, 7) is 1.01. The van der Waals surface area contributed by atoms with Crippen LogP contribution < -0.4 is 15.0 Å². The maximum Gasteiger partial charge on any atom is 0.387 e. The Kier molecular flexibility index (Phi) is 6.17. The van der Waals surface area contributed by atoms with Gasteiger partial charge in [-0.05, 0) is 23.8 Å². The van der Waals surface area contributed by atoms with E-state index < -0.39 is 6.61 Å². The lowest BCUT2D eigenvalue weighted by molar-refractivity contribution is -0.901. The van der Waals surface area contributed by atoms with Gasteiger partial charge in [-0.2, -0.15) is 8.78 Å². The lowest BCUT2D eigenvalue weighted by Gasteiger charge is -2.12. The van der Waals surface area contributed by atoms with E-state index in [1.165, 1.54) is 49.7 Å². The Hall–Kier alpha value is -2.47. The molecule has 1 amide bonds. The quantitative estimate of drug-likeness (QED) is 0.795. The van der Waals surface area contributed by atoms with Crippen molar-refractivity contribution in [1.82, 2.24) is 5.32 Å². The van der Waals surface area contributed by atoms with Gasteiger partial charge in [-0.3, -0.25) is 4.79 Å². The minimum absolute atomic E-state index is 0.0265. The Bertz CT molecular complexity index is 729. The maximum atomic E-state index is 12.3. The molecule has 26 heavy (non-hydrogen) atoms. The van der Waals surface area contributed by atoms with Gasteiger partial charge in [0.05, 0.1) is 13.1 Å². The smallest absolute Gasteiger partial charge is 0.387 e. The van der Waals surface area contributed by atoms with Crippen molar-refractivity contribution in [2.75, 3.05) is 13.1 Å². The normalized spacial score (nSPS) is 14.6. The van der Waals surface area contributed by atoms with Crippen LogP contribution in [0.25, 0.3) is 0 Å². The van der Waals surface area contributed by atoms with Gasteiger partial charge in [0.15, 0.2) is 0 Å². The molecule has 138 valence electrons. The molecule has 3 rings (SSSR count). The lowest BCUT2D eigenvalue weighted by Crippen LogP contribution is -3.08. The van der Waals surface area contributed by atoms with Gasteiger partial charge >= 0.3 is 6.61 Å². The number of hydrogen-bond acceptors (Lipinski definition) is 2. The van der Waals surface area contributed by atoms with Crippen LogP contribution in [0, 0.1) is 0 Å². The van der Waals surface area contributed by atoms with Gasteiger partial charge in [0.1, 0.15) is 12.3 Å². The zero-order chi connectivity index (χ0) is 18.4. The molecule has 0 radical (unpaired) electrons. The van der Waals surface area contributed by atoms with Crippen molar-refractivity contribution in [3.63, 3.8) is 0 Å². The van der Waals surface area contributed by atoms with E-state index in [9.17, 15) is 13.6 Å². The average molecular weight is 361 g/mol. The molecule has 4 nitrogen and oxygen atoms in total. The summed E-state index contributed by atoms with van der Waals surface area (Å²) in [7, 11) is 0. The summed E-state index contributed by atoms with van der Waals surface area (Å²) in [4.78, 5) is 13.8. The highest BCUT2D eigenvalue weighted by Gasteiger charge is 2.15. The first-order valence-electron chi connectivity index (χ1n) is 8.84. The summed E-state index contributed by atoms with van der Waals surface area (Å²) in [5.74, 6) is -0.350. The van der Waals surface area contributed by atoms with Crippen molar-refractivity contribution in [1.29, 1.82) is 0 Å². The van der Waals surface area contributed by atoms with Crippen LogP contribution in [0.4, 0.5) is 8.78 Å². The van der Waals surface area contributed by atoms with Gasteiger partial charge in [0, 0.05) is 30.5 Å². The molecule has 2 N–H and O–H groups in total. The van der Waals surface area contributed by atoms with E-state index in [-0.39, 0.29) is 17.2 Å². The van der Waals surface area contributed by atoms with Gasteiger partial charge in [0.25, 0.3) is 5.91 Å². The highest BCUT2D eigenvalue weighted by Crippen LogP contribution is 2.16. The third-order valence-corrected chi connectivity index (χ3v) is 4.56. The Labute approximate surface area is 151 Å². The number of halogens is 2. The summed E-state index contributed by atoms with van der Waals surface area (Å²) >= 11 is 0. The molecule has 1 fully saturated rings. The molecule has 1 aliphatic rings. The van der Waals surface area contributed by atoms with Crippen molar-refractivity contribution < 1.29 is 23.2 Å². The van der Waals surface area contributed by atoms with Crippen LogP contribution in [-0.4, -0.2) is 25.6 Å². The second kappa shape index (κ2) is 8.76. The number of hydrogen-bond donors (Lipinski definition) is 2. The number of carbonyl (C=O) groups is 1. The van der Waals surface area contributed by atoms with E-state index in [2.05, 4.69) is 22.2 Å². The summed E-state index contributed by atoms with van der Waals surface area (Å²) < 4.78 is 28.8. The monoisotopic (exact) mass is 361 g/mol. The standard InChI is InChI=1S/C20H22F2N2O2/c21-20(22)26-18-5-3-4-17(12-18)19(25)23-13-15-6-8-16(9-7-15)14-24-10-1-2-11-24/h3-9,12,20H,1-2,10-11,13-14H2,(H,23,25)/p+1. The van der Waals surface area contributed by atoms with Crippen molar-refractivity contribution >= 4 is 5.91 Å². The number of carbonyl (C=O) groups excluding carboxylic acids is 1. The number of amides is 1. The second-order valence-electron chi connectivity index (χ2n) is 6.54. The van der Waals surface area contributed by atoms with E-state index in [1.54, 1.807) is 11.0 Å². The number of nitrogens with one attached hydrogen (secondary N) is 2. The fourth-order valence-electron chi connectivity index (χ4n) is 3.21. The van der Waals surface area contributed by atoms with Crippen molar-refractivity contribution in [3.05, 3.63) is 65.2 Å². The van der Waals surface area contributed by atoms with Crippen LogP contribution in [0.5, 0.6) is 5.75 Å². The van der Waals surface area contributed by atoms with Gasteiger partial charge in [0.2, 0.25) is 0 Å². The zero-order valence-corrected chi connectivity index (χ0v) is 14.5. The molecular weight excluding hydrogens is 338 g/mol. The topological polar surface area (TPSA) is 42.8 Å². The molecule has 6 heteroatoms. The molecular formula is C20H23F2N2O2+. The first-order valence-corrected chi connectivity index (χ1v) is 8.84.